The van der Waals surface area contributed by atoms with E-state index < -0.39 is 0 Å². The zero-order chi connectivity index (χ0) is 14.2. The van der Waals surface area contributed by atoms with Gasteiger partial charge < -0.3 is 19.5 Å². The lowest BCUT2D eigenvalue weighted by Gasteiger charge is -2.31. The summed E-state index contributed by atoms with van der Waals surface area (Å²) in [4.78, 5) is 13.7. The normalized spacial score (nSPS) is 18.9. The van der Waals surface area contributed by atoms with Crippen LogP contribution in [-0.4, -0.2) is 48.5 Å². The van der Waals surface area contributed by atoms with Crippen LogP contribution in [0.15, 0.2) is 30.3 Å². The van der Waals surface area contributed by atoms with Crippen molar-refractivity contribution in [3.8, 4) is 0 Å². The van der Waals surface area contributed by atoms with Crippen molar-refractivity contribution in [1.29, 1.82) is 0 Å². The van der Waals surface area contributed by atoms with Crippen LogP contribution in [0.2, 0.25) is 0 Å². The van der Waals surface area contributed by atoms with Gasteiger partial charge in [0.2, 0.25) is 0 Å². The van der Waals surface area contributed by atoms with Crippen molar-refractivity contribution in [3.63, 3.8) is 0 Å². The molecule has 5 heteroatoms. The fraction of sp³-hybridized carbons (Fsp3) is 0.533. The summed E-state index contributed by atoms with van der Waals surface area (Å²) in [7, 11) is 0. The van der Waals surface area contributed by atoms with Crippen LogP contribution in [0.25, 0.3) is 0 Å². The number of nitrogens with zero attached hydrogens (tertiary/aromatic N) is 1. The van der Waals surface area contributed by atoms with Crippen LogP contribution in [0.1, 0.15) is 18.4 Å². The van der Waals surface area contributed by atoms with E-state index in [1.807, 2.05) is 30.3 Å². The Hall–Kier alpha value is -1.59. The van der Waals surface area contributed by atoms with Crippen LogP contribution in [0.3, 0.4) is 0 Å². The lowest BCUT2D eigenvalue weighted by Crippen LogP contribution is -2.43. The molecule has 0 spiro atoms. The largest absolute Gasteiger partial charge is 0.445 e. The maximum absolute atomic E-state index is 12.0. The lowest BCUT2D eigenvalue weighted by atomic mass is 10.1. The minimum Gasteiger partial charge on any atom is -0.445 e. The highest BCUT2D eigenvalue weighted by atomic mass is 16.6. The highest BCUT2D eigenvalue weighted by molar-refractivity contribution is 5.67. The van der Waals surface area contributed by atoms with E-state index in [-0.39, 0.29) is 18.8 Å². The van der Waals surface area contributed by atoms with E-state index in [4.69, 9.17) is 14.6 Å². The molecule has 1 aliphatic rings. The molecule has 1 heterocycles. The second kappa shape index (κ2) is 7.87. The number of likely N-dealkylation sites (tertiary alicyclic amines) is 1. The van der Waals surface area contributed by atoms with Crippen molar-refractivity contribution < 1.29 is 19.4 Å². The number of piperidine rings is 1. The number of hydrogen-bond donors (Lipinski definition) is 1. The molecule has 1 aliphatic heterocycles. The van der Waals surface area contributed by atoms with E-state index in [1.54, 1.807) is 4.90 Å². The average molecular weight is 279 g/mol. The molecule has 110 valence electrons. The minimum absolute atomic E-state index is 0.000162. The second-order valence-corrected chi connectivity index (χ2v) is 4.84. The molecule has 1 atom stereocenters. The first kappa shape index (κ1) is 14.8. The van der Waals surface area contributed by atoms with Crippen LogP contribution in [0.5, 0.6) is 0 Å². The number of carbonyl (C=O) groups is 1. The van der Waals surface area contributed by atoms with Gasteiger partial charge in [-0.3, -0.25) is 0 Å². The van der Waals surface area contributed by atoms with Gasteiger partial charge in [-0.25, -0.2) is 4.79 Å². The minimum atomic E-state index is -0.300. The number of rotatable bonds is 5. The molecule has 2 rings (SSSR count). The number of benzene rings is 1. The fourth-order valence-corrected chi connectivity index (χ4v) is 2.27. The maximum atomic E-state index is 12.0. The highest BCUT2D eigenvalue weighted by Gasteiger charge is 2.24. The topological polar surface area (TPSA) is 59.0 Å². The van der Waals surface area contributed by atoms with Gasteiger partial charge in [0, 0.05) is 6.54 Å². The Labute approximate surface area is 119 Å². The van der Waals surface area contributed by atoms with E-state index in [0.29, 0.717) is 26.3 Å². The summed E-state index contributed by atoms with van der Waals surface area (Å²) < 4.78 is 10.8. The zero-order valence-corrected chi connectivity index (χ0v) is 11.5. The standard InChI is InChI=1S/C15H21NO4/c17-9-10-19-14-7-4-8-16(11-14)15(18)20-12-13-5-2-1-3-6-13/h1-3,5-6,14,17H,4,7-12H2/t14-/m0/s1. The molecule has 5 nitrogen and oxygen atoms in total. The molecule has 20 heavy (non-hydrogen) atoms. The first-order chi connectivity index (χ1) is 9.79. The van der Waals surface area contributed by atoms with E-state index in [9.17, 15) is 4.79 Å². The van der Waals surface area contributed by atoms with Gasteiger partial charge in [-0.15, -0.1) is 0 Å². The van der Waals surface area contributed by atoms with Crippen molar-refractivity contribution >= 4 is 6.09 Å². The summed E-state index contributed by atoms with van der Waals surface area (Å²) in [5.74, 6) is 0. The first-order valence-electron chi connectivity index (χ1n) is 6.97. The molecule has 0 saturated carbocycles. The Morgan fingerprint density at radius 1 is 1.35 bits per heavy atom. The Balaban J connectivity index is 1.77. The van der Waals surface area contributed by atoms with E-state index in [0.717, 1.165) is 18.4 Å². The van der Waals surface area contributed by atoms with Gasteiger partial charge >= 0.3 is 6.09 Å². The lowest BCUT2D eigenvalue weighted by molar-refractivity contribution is -0.0154. The predicted octanol–water partition coefficient (Wildman–Crippen LogP) is 1.80. The summed E-state index contributed by atoms with van der Waals surface area (Å²) in [6.45, 7) is 1.85. The van der Waals surface area contributed by atoms with Gasteiger partial charge in [0.1, 0.15) is 6.61 Å². The smallest absolute Gasteiger partial charge is 0.410 e. The highest BCUT2D eigenvalue weighted by Crippen LogP contribution is 2.14. The number of ether oxygens (including phenoxy) is 2. The van der Waals surface area contributed by atoms with E-state index in [2.05, 4.69) is 0 Å². The Bertz CT molecular complexity index is 410. The van der Waals surface area contributed by atoms with Gasteiger partial charge in [-0.1, -0.05) is 30.3 Å². The molecular formula is C15H21NO4. The molecule has 0 aromatic heterocycles. The van der Waals surface area contributed by atoms with Gasteiger partial charge in [0.15, 0.2) is 0 Å². The van der Waals surface area contributed by atoms with Crippen LogP contribution >= 0.6 is 0 Å². The molecule has 1 amide bonds. The molecule has 0 unspecified atom stereocenters. The molecule has 1 N–H and O–H groups in total. The van der Waals surface area contributed by atoms with Crippen molar-refractivity contribution in [3.05, 3.63) is 35.9 Å². The number of aliphatic hydroxyl groups is 1. The molecule has 0 bridgehead atoms. The summed E-state index contributed by atoms with van der Waals surface area (Å²) >= 11 is 0. The molecule has 1 aromatic carbocycles. The molecule has 0 aliphatic carbocycles. The van der Waals surface area contributed by atoms with Crippen LogP contribution in [-0.2, 0) is 16.1 Å². The third-order valence-corrected chi connectivity index (χ3v) is 3.29. The molecule has 1 fully saturated rings. The Kier molecular flexibility index (Phi) is 5.83. The third-order valence-electron chi connectivity index (χ3n) is 3.29. The summed E-state index contributed by atoms with van der Waals surface area (Å²) in [6, 6.07) is 9.62. The second-order valence-electron chi connectivity index (χ2n) is 4.84. The number of carbonyl (C=O) groups excluding carboxylic acids is 1. The molecular weight excluding hydrogens is 258 g/mol. The Morgan fingerprint density at radius 2 is 2.15 bits per heavy atom. The summed E-state index contributed by atoms with van der Waals surface area (Å²) in [5.41, 5.74) is 0.978. The molecule has 1 aromatic rings. The number of amides is 1. The van der Waals surface area contributed by atoms with Crippen molar-refractivity contribution in [2.45, 2.75) is 25.6 Å². The van der Waals surface area contributed by atoms with Gasteiger partial charge in [-0.2, -0.15) is 0 Å². The van der Waals surface area contributed by atoms with E-state index >= 15 is 0 Å². The predicted molar refractivity (Wildman–Crippen MR) is 74.3 cm³/mol. The number of aliphatic hydroxyl groups excluding tert-OH is 1. The summed E-state index contributed by atoms with van der Waals surface area (Å²) in [5, 5.41) is 8.75. The van der Waals surface area contributed by atoms with Crippen LogP contribution < -0.4 is 0 Å². The molecule has 1 saturated heterocycles. The zero-order valence-electron chi connectivity index (χ0n) is 11.5. The molecule has 0 radical (unpaired) electrons. The Morgan fingerprint density at radius 3 is 2.90 bits per heavy atom. The van der Waals surface area contributed by atoms with Crippen LogP contribution in [0.4, 0.5) is 4.79 Å². The maximum Gasteiger partial charge on any atom is 0.410 e. The van der Waals surface area contributed by atoms with Crippen LogP contribution in [0, 0.1) is 0 Å². The quantitative estimate of drug-likeness (QED) is 0.893. The van der Waals surface area contributed by atoms with Gasteiger partial charge in [-0.05, 0) is 18.4 Å². The fourth-order valence-electron chi connectivity index (χ4n) is 2.27. The van der Waals surface area contributed by atoms with Crippen molar-refractivity contribution in [2.24, 2.45) is 0 Å². The monoisotopic (exact) mass is 279 g/mol. The SMILES string of the molecule is O=C(OCc1ccccc1)N1CCC[C@H](OCCO)C1. The summed E-state index contributed by atoms with van der Waals surface area (Å²) in [6.07, 6.45) is 1.52. The van der Waals surface area contributed by atoms with Gasteiger partial charge in [0.25, 0.3) is 0 Å². The van der Waals surface area contributed by atoms with Gasteiger partial charge in [0.05, 0.1) is 25.9 Å². The first-order valence-corrected chi connectivity index (χ1v) is 6.97. The van der Waals surface area contributed by atoms with Crippen molar-refractivity contribution in [1.82, 2.24) is 4.90 Å². The van der Waals surface area contributed by atoms with Crippen molar-refractivity contribution in [2.75, 3.05) is 26.3 Å². The number of hydrogen-bond acceptors (Lipinski definition) is 4. The average Bonchev–Trinajstić information content (AvgIpc) is 2.52. The van der Waals surface area contributed by atoms with E-state index in [1.165, 1.54) is 0 Å². The third kappa shape index (κ3) is 4.51.